The van der Waals surface area contributed by atoms with Gasteiger partial charge in [0.25, 0.3) is 0 Å². The summed E-state index contributed by atoms with van der Waals surface area (Å²) < 4.78 is 4.92. The van der Waals surface area contributed by atoms with Crippen LogP contribution in [0.4, 0.5) is 0 Å². The number of hydrogen-bond donors (Lipinski definition) is 0. The van der Waals surface area contributed by atoms with Crippen LogP contribution < -0.4 is 0 Å². The zero-order valence-corrected chi connectivity index (χ0v) is 9.25. The van der Waals surface area contributed by atoms with E-state index in [-0.39, 0.29) is 18.3 Å². The molecule has 0 aliphatic rings. The zero-order chi connectivity index (χ0) is 11.0. The molecule has 1 atom stereocenters. The molecule has 0 aliphatic carbocycles. The molecule has 0 aliphatic heterocycles. The second-order valence-corrected chi connectivity index (χ2v) is 3.88. The van der Waals surface area contributed by atoms with E-state index >= 15 is 0 Å². The lowest BCUT2D eigenvalue weighted by molar-refractivity contribution is -0.144. The van der Waals surface area contributed by atoms with E-state index in [1.54, 1.807) is 0 Å². The van der Waals surface area contributed by atoms with Gasteiger partial charge in [-0.2, -0.15) is 5.26 Å². The van der Waals surface area contributed by atoms with Gasteiger partial charge in [-0.05, 0) is 18.8 Å². The molecule has 3 heteroatoms. The van der Waals surface area contributed by atoms with Gasteiger partial charge in [0.2, 0.25) is 0 Å². The minimum atomic E-state index is -0.251. The van der Waals surface area contributed by atoms with Crippen molar-refractivity contribution in [3.63, 3.8) is 0 Å². The molecular formula is C11H19NO2. The van der Waals surface area contributed by atoms with Crippen molar-refractivity contribution < 1.29 is 9.53 Å². The van der Waals surface area contributed by atoms with E-state index in [1.165, 1.54) is 0 Å². The van der Waals surface area contributed by atoms with Crippen LogP contribution in [0, 0.1) is 23.2 Å². The van der Waals surface area contributed by atoms with Gasteiger partial charge in [0, 0.05) is 0 Å². The highest BCUT2D eigenvalue weighted by Crippen LogP contribution is 2.14. The minimum absolute atomic E-state index is 0.195. The highest BCUT2D eigenvalue weighted by Gasteiger charge is 2.15. The average Bonchev–Trinajstić information content (AvgIpc) is 2.12. The predicted molar refractivity (Wildman–Crippen MR) is 54.4 cm³/mol. The van der Waals surface area contributed by atoms with E-state index in [9.17, 15) is 4.79 Å². The second-order valence-electron chi connectivity index (χ2n) is 3.88. The van der Waals surface area contributed by atoms with Gasteiger partial charge in [0.15, 0.2) is 0 Å². The fourth-order valence-electron chi connectivity index (χ4n) is 1.23. The number of ether oxygens (including phenoxy) is 1. The van der Waals surface area contributed by atoms with Crippen molar-refractivity contribution >= 4 is 5.97 Å². The van der Waals surface area contributed by atoms with Gasteiger partial charge in [-0.25, -0.2) is 0 Å². The highest BCUT2D eigenvalue weighted by molar-refractivity contribution is 5.70. The summed E-state index contributed by atoms with van der Waals surface area (Å²) in [6, 6.07) is 2.14. The van der Waals surface area contributed by atoms with Crippen LogP contribution in [0.1, 0.15) is 40.0 Å². The molecule has 0 radical (unpaired) electrons. The molecule has 0 unspecified atom stereocenters. The fraction of sp³-hybridized carbons (Fsp3) is 0.818. The first kappa shape index (κ1) is 13.0. The Labute approximate surface area is 86.1 Å². The van der Waals surface area contributed by atoms with E-state index in [0.717, 1.165) is 12.8 Å². The van der Waals surface area contributed by atoms with Gasteiger partial charge < -0.3 is 4.74 Å². The maximum absolute atomic E-state index is 11.2. The lowest BCUT2D eigenvalue weighted by Crippen LogP contribution is -2.12. The summed E-state index contributed by atoms with van der Waals surface area (Å²) in [4.78, 5) is 11.2. The van der Waals surface area contributed by atoms with E-state index in [4.69, 9.17) is 10.00 Å². The summed E-state index contributed by atoms with van der Waals surface area (Å²) in [7, 11) is 0. The van der Waals surface area contributed by atoms with Crippen LogP contribution in [0.3, 0.4) is 0 Å². The maximum Gasteiger partial charge on any atom is 0.307 e. The van der Waals surface area contributed by atoms with Crippen LogP contribution in [0.2, 0.25) is 0 Å². The molecule has 0 aromatic rings. The smallest absolute Gasteiger partial charge is 0.307 e. The quantitative estimate of drug-likeness (QED) is 0.615. The van der Waals surface area contributed by atoms with E-state index in [0.29, 0.717) is 12.5 Å². The Balaban J connectivity index is 3.82. The van der Waals surface area contributed by atoms with Gasteiger partial charge in [-0.15, -0.1) is 0 Å². The van der Waals surface area contributed by atoms with E-state index in [2.05, 4.69) is 6.07 Å². The third kappa shape index (κ3) is 6.47. The molecule has 0 heterocycles. The third-order valence-corrected chi connectivity index (χ3v) is 1.82. The fourth-order valence-corrected chi connectivity index (χ4v) is 1.23. The van der Waals surface area contributed by atoms with Crippen LogP contribution in [0.25, 0.3) is 0 Å². The molecule has 0 aromatic carbocycles. The van der Waals surface area contributed by atoms with E-state index in [1.807, 2.05) is 20.8 Å². The van der Waals surface area contributed by atoms with Gasteiger partial charge in [-0.3, -0.25) is 4.79 Å². The maximum atomic E-state index is 11.2. The molecule has 0 saturated carbocycles. The Hall–Kier alpha value is -1.04. The van der Waals surface area contributed by atoms with Crippen molar-refractivity contribution in [2.24, 2.45) is 11.8 Å². The number of hydrogen-bond acceptors (Lipinski definition) is 3. The summed E-state index contributed by atoms with van der Waals surface area (Å²) in [6.07, 6.45) is 1.82. The first-order chi connectivity index (χ1) is 6.60. The summed E-state index contributed by atoms with van der Waals surface area (Å²) in [6.45, 7) is 6.49. The van der Waals surface area contributed by atoms with Gasteiger partial charge in [0.1, 0.15) is 0 Å². The number of rotatable bonds is 6. The number of carbonyl (C=O) groups is 1. The van der Waals surface area contributed by atoms with Crippen molar-refractivity contribution in [3.8, 4) is 6.07 Å². The van der Waals surface area contributed by atoms with Crippen molar-refractivity contribution in [2.45, 2.75) is 40.0 Å². The van der Waals surface area contributed by atoms with Gasteiger partial charge in [-0.1, -0.05) is 20.8 Å². The standard InChI is InChI=1S/C11H19NO2/c1-4-5-14-11(13)7-10(8-12)6-9(2)3/h9-10H,4-7H2,1-3H3/t10-/m0/s1. The lowest BCUT2D eigenvalue weighted by Gasteiger charge is -2.10. The molecular weight excluding hydrogens is 178 g/mol. The first-order valence-corrected chi connectivity index (χ1v) is 5.15. The monoisotopic (exact) mass is 197 g/mol. The highest BCUT2D eigenvalue weighted by atomic mass is 16.5. The van der Waals surface area contributed by atoms with Crippen molar-refractivity contribution in [2.75, 3.05) is 6.61 Å². The Bertz CT molecular complexity index is 206. The van der Waals surface area contributed by atoms with Gasteiger partial charge >= 0.3 is 5.97 Å². The van der Waals surface area contributed by atoms with Crippen molar-refractivity contribution in [3.05, 3.63) is 0 Å². The molecule has 0 spiro atoms. The lowest BCUT2D eigenvalue weighted by atomic mass is 9.96. The third-order valence-electron chi connectivity index (χ3n) is 1.82. The number of esters is 1. The first-order valence-electron chi connectivity index (χ1n) is 5.15. The number of nitrogens with zero attached hydrogens (tertiary/aromatic N) is 1. The Morgan fingerprint density at radius 1 is 1.50 bits per heavy atom. The molecule has 0 saturated heterocycles. The Kier molecular flexibility index (Phi) is 6.82. The summed E-state index contributed by atoms with van der Waals surface area (Å²) >= 11 is 0. The van der Waals surface area contributed by atoms with Gasteiger partial charge in [0.05, 0.1) is 25.0 Å². The number of nitriles is 1. The molecule has 14 heavy (non-hydrogen) atoms. The van der Waals surface area contributed by atoms with Crippen molar-refractivity contribution in [1.82, 2.24) is 0 Å². The van der Waals surface area contributed by atoms with E-state index < -0.39 is 0 Å². The molecule has 0 aromatic heterocycles. The van der Waals surface area contributed by atoms with Crippen molar-refractivity contribution in [1.29, 1.82) is 5.26 Å². The van der Waals surface area contributed by atoms with Crippen LogP contribution in [0.5, 0.6) is 0 Å². The van der Waals surface area contributed by atoms with Crippen LogP contribution in [-0.4, -0.2) is 12.6 Å². The molecule has 80 valence electrons. The molecule has 3 nitrogen and oxygen atoms in total. The molecule has 0 fully saturated rings. The molecule has 0 N–H and O–H groups in total. The summed E-state index contributed by atoms with van der Waals surface area (Å²) in [5.41, 5.74) is 0. The normalized spacial score (nSPS) is 12.2. The predicted octanol–water partition coefficient (Wildman–Crippen LogP) is 2.52. The topological polar surface area (TPSA) is 50.1 Å². The second kappa shape index (κ2) is 7.37. The Morgan fingerprint density at radius 2 is 2.14 bits per heavy atom. The zero-order valence-electron chi connectivity index (χ0n) is 9.25. The summed E-state index contributed by atoms with van der Waals surface area (Å²) in [5.74, 6) is -0.00275. The molecule has 0 bridgehead atoms. The molecule has 0 rings (SSSR count). The molecule has 0 amide bonds. The SMILES string of the molecule is CCCOC(=O)C[C@@H](C#N)CC(C)C. The van der Waals surface area contributed by atoms with Crippen LogP contribution in [0.15, 0.2) is 0 Å². The minimum Gasteiger partial charge on any atom is -0.466 e. The average molecular weight is 197 g/mol. The van der Waals surface area contributed by atoms with Crippen LogP contribution >= 0.6 is 0 Å². The van der Waals surface area contributed by atoms with Crippen LogP contribution in [-0.2, 0) is 9.53 Å². The Morgan fingerprint density at radius 3 is 2.57 bits per heavy atom. The number of carbonyl (C=O) groups excluding carboxylic acids is 1. The largest absolute Gasteiger partial charge is 0.466 e. The summed E-state index contributed by atoms with van der Waals surface area (Å²) in [5, 5.41) is 8.79.